The molecule has 2 N–H and O–H groups in total. The van der Waals surface area contributed by atoms with Crippen molar-refractivity contribution in [2.75, 3.05) is 0 Å². The Morgan fingerprint density at radius 2 is 2.11 bits per heavy atom. The lowest BCUT2D eigenvalue weighted by Gasteiger charge is -2.03. The molecule has 6 heteroatoms. The number of oxazole rings is 1. The maximum Gasteiger partial charge on any atom is 0.335 e. The molecule has 1 amide bonds. The van der Waals surface area contributed by atoms with Crippen molar-refractivity contribution in [3.8, 4) is 0 Å². The summed E-state index contributed by atoms with van der Waals surface area (Å²) in [6.45, 7) is 1.92. The molecule has 0 unspecified atom stereocenters. The Labute approximate surface area is 109 Å². The number of carbonyl (C=O) groups excluding carboxylic acids is 1. The maximum absolute atomic E-state index is 11.8. The average molecular weight is 260 g/mol. The summed E-state index contributed by atoms with van der Waals surface area (Å²) in [5.74, 6) is -0.380. The van der Waals surface area contributed by atoms with Crippen LogP contribution in [-0.4, -0.2) is 22.0 Å². The standard InChI is InChI=1S/C13H12N2O4/c1-8-6-14-11(19-8)7-15-12(16)9-3-2-4-10(5-9)13(17)18/h2-6H,7H2,1H3,(H,15,16)(H,17,18). The topological polar surface area (TPSA) is 92.4 Å². The number of aromatic nitrogens is 1. The van der Waals surface area contributed by atoms with Gasteiger partial charge in [-0.25, -0.2) is 9.78 Å². The van der Waals surface area contributed by atoms with Crippen LogP contribution in [0.25, 0.3) is 0 Å². The summed E-state index contributed by atoms with van der Waals surface area (Å²) < 4.78 is 5.21. The second-order valence-corrected chi connectivity index (χ2v) is 3.93. The van der Waals surface area contributed by atoms with Gasteiger partial charge in [0.2, 0.25) is 5.89 Å². The first-order valence-electron chi connectivity index (χ1n) is 5.59. The molecule has 0 atom stereocenters. The van der Waals surface area contributed by atoms with Crippen LogP contribution >= 0.6 is 0 Å². The van der Waals surface area contributed by atoms with E-state index in [0.29, 0.717) is 11.7 Å². The zero-order valence-electron chi connectivity index (χ0n) is 10.2. The van der Waals surface area contributed by atoms with Gasteiger partial charge in [-0.3, -0.25) is 4.79 Å². The second-order valence-electron chi connectivity index (χ2n) is 3.93. The quantitative estimate of drug-likeness (QED) is 0.871. The monoisotopic (exact) mass is 260 g/mol. The molecule has 0 bridgehead atoms. The van der Waals surface area contributed by atoms with Crippen LogP contribution in [0.5, 0.6) is 0 Å². The summed E-state index contributed by atoms with van der Waals surface area (Å²) in [6.07, 6.45) is 1.56. The van der Waals surface area contributed by atoms with Crippen LogP contribution in [0.4, 0.5) is 0 Å². The first-order chi connectivity index (χ1) is 9.06. The molecule has 1 heterocycles. The van der Waals surface area contributed by atoms with E-state index in [4.69, 9.17) is 9.52 Å². The molecule has 1 aromatic heterocycles. The van der Waals surface area contributed by atoms with E-state index in [1.165, 1.54) is 18.2 Å². The number of carboxylic acid groups (broad SMARTS) is 1. The number of hydrogen-bond donors (Lipinski definition) is 2. The molecule has 0 spiro atoms. The average Bonchev–Trinajstić information content (AvgIpc) is 2.82. The Kier molecular flexibility index (Phi) is 3.61. The van der Waals surface area contributed by atoms with Crippen LogP contribution in [0, 0.1) is 6.92 Å². The van der Waals surface area contributed by atoms with Gasteiger partial charge in [-0.2, -0.15) is 0 Å². The number of carboxylic acids is 1. The molecule has 2 rings (SSSR count). The minimum Gasteiger partial charge on any atom is -0.478 e. The van der Waals surface area contributed by atoms with Gasteiger partial charge in [0.1, 0.15) is 5.76 Å². The summed E-state index contributed by atoms with van der Waals surface area (Å²) in [6, 6.07) is 5.81. The molecule has 2 aromatic rings. The van der Waals surface area contributed by atoms with Crippen LogP contribution in [0.2, 0.25) is 0 Å². The van der Waals surface area contributed by atoms with Gasteiger partial charge in [-0.05, 0) is 25.1 Å². The van der Waals surface area contributed by atoms with Gasteiger partial charge in [0.05, 0.1) is 18.3 Å². The number of nitrogens with one attached hydrogen (secondary N) is 1. The van der Waals surface area contributed by atoms with Crippen LogP contribution < -0.4 is 5.32 Å². The minimum atomic E-state index is -1.07. The molecule has 98 valence electrons. The zero-order chi connectivity index (χ0) is 13.8. The van der Waals surface area contributed by atoms with Crippen molar-refractivity contribution in [3.05, 3.63) is 53.2 Å². The highest BCUT2D eigenvalue weighted by atomic mass is 16.4. The number of aromatic carboxylic acids is 1. The van der Waals surface area contributed by atoms with E-state index in [1.54, 1.807) is 19.2 Å². The Morgan fingerprint density at radius 1 is 1.37 bits per heavy atom. The molecular weight excluding hydrogens is 248 g/mol. The largest absolute Gasteiger partial charge is 0.478 e. The summed E-state index contributed by atoms with van der Waals surface area (Å²) in [5.41, 5.74) is 0.350. The van der Waals surface area contributed by atoms with Crippen molar-refractivity contribution in [1.82, 2.24) is 10.3 Å². The highest BCUT2D eigenvalue weighted by molar-refractivity contribution is 5.97. The van der Waals surface area contributed by atoms with Crippen LogP contribution in [-0.2, 0) is 6.54 Å². The number of amides is 1. The summed E-state index contributed by atoms with van der Waals surface area (Å²) in [7, 11) is 0. The number of rotatable bonds is 4. The van der Waals surface area contributed by atoms with Gasteiger partial charge in [0, 0.05) is 5.56 Å². The molecule has 1 aromatic carbocycles. The number of carbonyl (C=O) groups is 2. The summed E-state index contributed by atoms with van der Waals surface area (Å²) >= 11 is 0. The summed E-state index contributed by atoms with van der Waals surface area (Å²) in [5, 5.41) is 11.5. The van der Waals surface area contributed by atoms with Gasteiger partial charge in [-0.15, -0.1) is 0 Å². The van der Waals surface area contributed by atoms with E-state index in [0.717, 1.165) is 0 Å². The predicted octanol–water partition coefficient (Wildman–Crippen LogP) is 1.61. The molecule has 19 heavy (non-hydrogen) atoms. The normalized spacial score (nSPS) is 10.2. The highest BCUT2D eigenvalue weighted by Gasteiger charge is 2.10. The SMILES string of the molecule is Cc1cnc(CNC(=O)c2cccc(C(=O)O)c2)o1. The lowest BCUT2D eigenvalue weighted by Crippen LogP contribution is -2.23. The fourth-order valence-electron chi connectivity index (χ4n) is 1.53. The first-order valence-corrected chi connectivity index (χ1v) is 5.59. The third kappa shape index (κ3) is 3.19. The molecule has 0 radical (unpaired) electrons. The molecule has 6 nitrogen and oxygen atoms in total. The molecular formula is C13H12N2O4. The van der Waals surface area contributed by atoms with Gasteiger partial charge in [-0.1, -0.05) is 6.07 Å². The van der Waals surface area contributed by atoms with Crippen molar-refractivity contribution >= 4 is 11.9 Å². The summed E-state index contributed by atoms with van der Waals surface area (Å²) in [4.78, 5) is 26.6. The van der Waals surface area contributed by atoms with Gasteiger partial charge >= 0.3 is 5.97 Å². The van der Waals surface area contributed by atoms with Crippen LogP contribution in [0.1, 0.15) is 32.4 Å². The molecule has 0 aliphatic carbocycles. The molecule has 0 aliphatic heterocycles. The van der Waals surface area contributed by atoms with E-state index in [-0.39, 0.29) is 23.6 Å². The van der Waals surface area contributed by atoms with Crippen LogP contribution in [0.3, 0.4) is 0 Å². The first kappa shape index (κ1) is 12.8. The molecule has 0 saturated heterocycles. The van der Waals surface area contributed by atoms with E-state index in [9.17, 15) is 9.59 Å². The van der Waals surface area contributed by atoms with E-state index in [2.05, 4.69) is 10.3 Å². The fourth-order valence-corrected chi connectivity index (χ4v) is 1.53. The van der Waals surface area contributed by atoms with Crippen molar-refractivity contribution in [2.45, 2.75) is 13.5 Å². The molecule has 0 aliphatic rings. The fraction of sp³-hybridized carbons (Fsp3) is 0.154. The molecule has 0 saturated carbocycles. The van der Waals surface area contributed by atoms with Gasteiger partial charge in [0.25, 0.3) is 5.91 Å². The smallest absolute Gasteiger partial charge is 0.335 e. The van der Waals surface area contributed by atoms with E-state index in [1.807, 2.05) is 0 Å². The molecule has 0 fully saturated rings. The van der Waals surface area contributed by atoms with Gasteiger partial charge in [0.15, 0.2) is 0 Å². The van der Waals surface area contributed by atoms with Crippen molar-refractivity contribution in [3.63, 3.8) is 0 Å². The lowest BCUT2D eigenvalue weighted by molar-refractivity contribution is 0.0697. The van der Waals surface area contributed by atoms with Gasteiger partial charge < -0.3 is 14.8 Å². The third-order valence-corrected chi connectivity index (χ3v) is 2.44. The second kappa shape index (κ2) is 5.34. The van der Waals surface area contributed by atoms with E-state index >= 15 is 0 Å². The van der Waals surface area contributed by atoms with E-state index < -0.39 is 5.97 Å². The lowest BCUT2D eigenvalue weighted by atomic mass is 10.1. The minimum absolute atomic E-state index is 0.0691. The number of hydrogen-bond acceptors (Lipinski definition) is 4. The Hall–Kier alpha value is -2.63. The van der Waals surface area contributed by atoms with Crippen LogP contribution in [0.15, 0.2) is 34.9 Å². The predicted molar refractivity (Wildman–Crippen MR) is 65.8 cm³/mol. The number of benzene rings is 1. The Morgan fingerprint density at radius 3 is 2.74 bits per heavy atom. The Bertz CT molecular complexity index is 619. The third-order valence-electron chi connectivity index (χ3n) is 2.44. The zero-order valence-corrected chi connectivity index (χ0v) is 10.2. The maximum atomic E-state index is 11.8. The number of nitrogens with zero attached hydrogens (tertiary/aromatic N) is 1. The number of aryl methyl sites for hydroxylation is 1. The van der Waals surface area contributed by atoms with Crippen molar-refractivity contribution < 1.29 is 19.1 Å². The highest BCUT2D eigenvalue weighted by Crippen LogP contribution is 2.06. The Balaban J connectivity index is 2.03. The van der Waals surface area contributed by atoms with Crippen molar-refractivity contribution in [1.29, 1.82) is 0 Å². The van der Waals surface area contributed by atoms with Crippen molar-refractivity contribution in [2.24, 2.45) is 0 Å².